The van der Waals surface area contributed by atoms with E-state index in [1.165, 1.54) is 12.8 Å². The van der Waals surface area contributed by atoms with Crippen LogP contribution in [0.25, 0.3) is 0 Å². The number of hydrogen-bond acceptors (Lipinski definition) is 5. The minimum atomic E-state index is -0.151. The molecule has 6 heteroatoms. The number of hydrogen-bond donors (Lipinski definition) is 1. The van der Waals surface area contributed by atoms with Crippen LogP contribution in [-0.4, -0.2) is 46.4 Å². The molecule has 1 aromatic heterocycles. The van der Waals surface area contributed by atoms with E-state index in [2.05, 4.69) is 15.4 Å². The van der Waals surface area contributed by atoms with E-state index in [0.29, 0.717) is 30.1 Å². The molecule has 1 amide bonds. The van der Waals surface area contributed by atoms with Gasteiger partial charge in [-0.25, -0.2) is 0 Å². The number of amides is 1. The molecule has 2 aliphatic carbocycles. The average molecular weight is 393 g/mol. The van der Waals surface area contributed by atoms with E-state index in [4.69, 9.17) is 4.52 Å². The van der Waals surface area contributed by atoms with Crippen LogP contribution < -0.4 is 5.32 Å². The summed E-state index contributed by atoms with van der Waals surface area (Å²) in [5.41, 5.74) is 1.17. The molecule has 6 nitrogen and oxygen atoms in total. The van der Waals surface area contributed by atoms with Crippen LogP contribution in [0.5, 0.6) is 0 Å². The van der Waals surface area contributed by atoms with Gasteiger partial charge in [-0.15, -0.1) is 0 Å². The zero-order valence-corrected chi connectivity index (χ0v) is 16.5. The van der Waals surface area contributed by atoms with Crippen molar-refractivity contribution < 1.29 is 14.1 Å². The van der Waals surface area contributed by atoms with Crippen molar-refractivity contribution in [3.05, 3.63) is 53.4 Å². The lowest BCUT2D eigenvalue weighted by atomic mass is 10.0. The number of carbonyl (C=O) groups is 2. The van der Waals surface area contributed by atoms with Gasteiger partial charge in [-0.1, -0.05) is 35.5 Å². The van der Waals surface area contributed by atoms with Gasteiger partial charge in [0.2, 0.25) is 0 Å². The molecule has 2 saturated carbocycles. The Balaban J connectivity index is 1.18. The number of likely N-dealkylation sites (tertiary alicyclic amines) is 1. The van der Waals surface area contributed by atoms with Crippen LogP contribution in [0.1, 0.15) is 77.5 Å². The molecule has 2 atom stereocenters. The van der Waals surface area contributed by atoms with Crippen LogP contribution in [0.15, 0.2) is 40.9 Å². The van der Waals surface area contributed by atoms with Gasteiger partial charge in [0.05, 0.1) is 0 Å². The molecule has 3 aliphatic rings. The minimum absolute atomic E-state index is 0.0982. The highest BCUT2D eigenvalue weighted by Crippen LogP contribution is 2.40. The second-order valence-corrected chi connectivity index (χ2v) is 8.70. The summed E-state index contributed by atoms with van der Waals surface area (Å²) in [6.07, 6.45) is 6.96. The first-order valence-corrected chi connectivity index (χ1v) is 10.8. The number of aromatic nitrogens is 1. The maximum atomic E-state index is 12.6. The summed E-state index contributed by atoms with van der Waals surface area (Å²) in [5, 5.41) is 7.09. The highest BCUT2D eigenvalue weighted by Gasteiger charge is 2.41. The Morgan fingerprint density at radius 1 is 1.14 bits per heavy atom. The van der Waals surface area contributed by atoms with Crippen molar-refractivity contribution in [2.24, 2.45) is 0 Å². The zero-order valence-electron chi connectivity index (χ0n) is 16.5. The van der Waals surface area contributed by atoms with Crippen molar-refractivity contribution in [2.75, 3.05) is 6.54 Å². The fourth-order valence-corrected chi connectivity index (χ4v) is 4.47. The van der Waals surface area contributed by atoms with Crippen LogP contribution in [0.3, 0.4) is 0 Å². The number of nitrogens with zero attached hydrogens (tertiary/aromatic N) is 2. The number of nitrogens with one attached hydrogen (secondary N) is 1. The summed E-state index contributed by atoms with van der Waals surface area (Å²) in [5.74, 6) is 1.33. The van der Waals surface area contributed by atoms with Crippen molar-refractivity contribution in [1.29, 1.82) is 0 Å². The second kappa shape index (κ2) is 7.75. The van der Waals surface area contributed by atoms with E-state index < -0.39 is 0 Å². The first-order valence-electron chi connectivity index (χ1n) is 10.8. The summed E-state index contributed by atoms with van der Waals surface area (Å²) in [7, 11) is 0. The molecule has 152 valence electrons. The van der Waals surface area contributed by atoms with Gasteiger partial charge in [0.1, 0.15) is 5.76 Å². The minimum Gasteiger partial charge on any atom is -0.360 e. The van der Waals surface area contributed by atoms with E-state index in [1.54, 1.807) is 6.07 Å². The van der Waals surface area contributed by atoms with Crippen LogP contribution in [0.2, 0.25) is 0 Å². The van der Waals surface area contributed by atoms with Crippen LogP contribution in [0.4, 0.5) is 0 Å². The molecule has 1 aromatic carbocycles. The van der Waals surface area contributed by atoms with Crippen molar-refractivity contribution >= 4 is 11.7 Å². The Morgan fingerprint density at radius 3 is 2.66 bits per heavy atom. The quantitative estimate of drug-likeness (QED) is 0.694. The first-order chi connectivity index (χ1) is 14.2. The van der Waals surface area contributed by atoms with E-state index >= 15 is 0 Å². The molecular formula is C23H27N3O3. The van der Waals surface area contributed by atoms with Gasteiger partial charge in [-0.3, -0.25) is 14.5 Å². The largest absolute Gasteiger partial charge is 0.360 e. The van der Waals surface area contributed by atoms with Crippen molar-refractivity contribution in [3.8, 4) is 0 Å². The maximum absolute atomic E-state index is 12.6. The molecular weight excluding hydrogens is 366 g/mol. The van der Waals surface area contributed by atoms with E-state index in [0.717, 1.165) is 43.6 Å². The van der Waals surface area contributed by atoms with Gasteiger partial charge < -0.3 is 9.84 Å². The van der Waals surface area contributed by atoms with Crippen molar-refractivity contribution in [3.63, 3.8) is 0 Å². The topological polar surface area (TPSA) is 75.4 Å². The van der Waals surface area contributed by atoms with Gasteiger partial charge in [-0.05, 0) is 38.5 Å². The molecule has 3 fully saturated rings. The predicted octanol–water partition coefficient (Wildman–Crippen LogP) is 3.55. The van der Waals surface area contributed by atoms with Gasteiger partial charge in [0, 0.05) is 48.6 Å². The lowest BCUT2D eigenvalue weighted by molar-refractivity contribution is 0.0927. The highest BCUT2D eigenvalue weighted by molar-refractivity contribution is 5.96. The third kappa shape index (κ3) is 4.27. The maximum Gasteiger partial charge on any atom is 0.273 e. The number of ketones is 1. The third-order valence-corrected chi connectivity index (χ3v) is 6.35. The van der Waals surface area contributed by atoms with Crippen LogP contribution in [0, 0.1) is 0 Å². The molecule has 0 radical (unpaired) electrons. The normalized spacial score (nSPS) is 24.6. The smallest absolute Gasteiger partial charge is 0.273 e. The number of benzene rings is 1. The molecule has 2 heterocycles. The molecule has 2 unspecified atom stereocenters. The molecule has 5 rings (SSSR count). The number of rotatable bonds is 8. The average Bonchev–Trinajstić information content (AvgIpc) is 3.68. The van der Waals surface area contributed by atoms with E-state index in [1.807, 2.05) is 30.3 Å². The summed E-state index contributed by atoms with van der Waals surface area (Å²) in [6, 6.07) is 12.4. The molecule has 1 N–H and O–H groups in total. The van der Waals surface area contributed by atoms with Crippen LogP contribution >= 0.6 is 0 Å². The lowest BCUT2D eigenvalue weighted by Gasteiger charge is -2.23. The van der Waals surface area contributed by atoms with Gasteiger partial charge in [0.25, 0.3) is 5.91 Å². The summed E-state index contributed by atoms with van der Waals surface area (Å²) in [6.45, 7) is 0.855. The Morgan fingerprint density at radius 2 is 1.93 bits per heavy atom. The number of carbonyl (C=O) groups excluding carboxylic acids is 2. The molecule has 1 aliphatic heterocycles. The fourth-order valence-electron chi connectivity index (χ4n) is 4.47. The van der Waals surface area contributed by atoms with E-state index in [-0.39, 0.29) is 17.7 Å². The Kier molecular flexibility index (Phi) is 4.96. The Hall–Kier alpha value is -2.47. The molecule has 2 aromatic rings. The van der Waals surface area contributed by atoms with Crippen molar-refractivity contribution in [1.82, 2.24) is 15.4 Å². The first kappa shape index (κ1) is 18.6. The molecule has 0 spiro atoms. The SMILES string of the molecule is O=C(CCC1CC(NC(=O)c2cc(C3CC3)on2)CN1C1CC1)c1ccccc1. The van der Waals surface area contributed by atoms with Gasteiger partial charge >= 0.3 is 0 Å². The van der Waals surface area contributed by atoms with Gasteiger partial charge in [0.15, 0.2) is 11.5 Å². The van der Waals surface area contributed by atoms with E-state index in [9.17, 15) is 9.59 Å². The van der Waals surface area contributed by atoms with Crippen LogP contribution in [-0.2, 0) is 0 Å². The number of Topliss-reactive ketones (excluding diaryl/α,β-unsaturated/α-hetero) is 1. The third-order valence-electron chi connectivity index (χ3n) is 6.35. The fraction of sp³-hybridized carbons (Fsp3) is 0.522. The standard InChI is InChI=1S/C23H27N3O3/c27-21(15-4-2-1-3-5-15)11-10-19-12-17(14-26(19)18-8-9-18)24-23(28)20-13-22(29-25-20)16-6-7-16/h1-5,13,16-19H,6-12,14H2,(H,24,28). The monoisotopic (exact) mass is 393 g/mol. The Bertz CT molecular complexity index is 886. The lowest BCUT2D eigenvalue weighted by Crippen LogP contribution is -2.38. The summed E-state index contributed by atoms with van der Waals surface area (Å²) >= 11 is 0. The summed E-state index contributed by atoms with van der Waals surface area (Å²) in [4.78, 5) is 27.6. The van der Waals surface area contributed by atoms with Gasteiger partial charge in [-0.2, -0.15) is 0 Å². The Labute approximate surface area is 170 Å². The second-order valence-electron chi connectivity index (χ2n) is 8.70. The highest BCUT2D eigenvalue weighted by atomic mass is 16.5. The molecule has 0 bridgehead atoms. The van der Waals surface area contributed by atoms with Crippen molar-refractivity contribution in [2.45, 2.75) is 69.0 Å². The molecule has 1 saturated heterocycles. The predicted molar refractivity (Wildman–Crippen MR) is 108 cm³/mol. The molecule has 29 heavy (non-hydrogen) atoms. The zero-order chi connectivity index (χ0) is 19.8. The summed E-state index contributed by atoms with van der Waals surface area (Å²) < 4.78 is 5.31.